The molecular formula is C16H19F3N2O2S. The first-order valence-corrected chi connectivity index (χ1v) is 8.64. The van der Waals surface area contributed by atoms with Crippen molar-refractivity contribution in [1.82, 2.24) is 10.2 Å². The molecule has 132 valence electrons. The topological polar surface area (TPSA) is 48.2 Å². The molecule has 0 amide bonds. The summed E-state index contributed by atoms with van der Waals surface area (Å²) in [4.78, 5) is 0. The van der Waals surface area contributed by atoms with E-state index in [1.54, 1.807) is 0 Å². The molecular weight excluding hydrogens is 341 g/mol. The van der Waals surface area contributed by atoms with E-state index in [9.17, 15) is 13.2 Å². The van der Waals surface area contributed by atoms with Gasteiger partial charge in [-0.2, -0.15) is 13.2 Å². The van der Waals surface area contributed by atoms with Gasteiger partial charge in [-0.05, 0) is 18.4 Å². The summed E-state index contributed by atoms with van der Waals surface area (Å²) in [6.45, 7) is 0.888. The van der Waals surface area contributed by atoms with Gasteiger partial charge in [0, 0.05) is 12.4 Å². The zero-order chi connectivity index (χ0) is 17.4. The summed E-state index contributed by atoms with van der Waals surface area (Å²) in [6.07, 6.45) is -2.96. The lowest BCUT2D eigenvalue weighted by molar-refractivity contribution is -0.173. The molecule has 1 heterocycles. The van der Waals surface area contributed by atoms with Crippen molar-refractivity contribution in [3.63, 3.8) is 0 Å². The first-order chi connectivity index (χ1) is 11.5. The average molecular weight is 360 g/mol. The number of aromatic nitrogens is 2. The summed E-state index contributed by atoms with van der Waals surface area (Å²) < 4.78 is 46.0. The van der Waals surface area contributed by atoms with Gasteiger partial charge in [0.25, 0.3) is 5.22 Å². The van der Waals surface area contributed by atoms with Crippen molar-refractivity contribution >= 4 is 11.8 Å². The van der Waals surface area contributed by atoms with Crippen molar-refractivity contribution in [2.75, 3.05) is 19.0 Å². The van der Waals surface area contributed by atoms with Gasteiger partial charge in [-0.3, -0.25) is 0 Å². The summed E-state index contributed by atoms with van der Waals surface area (Å²) in [5, 5.41) is 8.51. The molecule has 0 saturated heterocycles. The van der Waals surface area contributed by atoms with Gasteiger partial charge in [0.1, 0.15) is 6.61 Å². The van der Waals surface area contributed by atoms with Crippen LogP contribution < -0.4 is 0 Å². The van der Waals surface area contributed by atoms with E-state index in [0.29, 0.717) is 23.3 Å². The third kappa shape index (κ3) is 6.16. The van der Waals surface area contributed by atoms with Gasteiger partial charge < -0.3 is 9.15 Å². The van der Waals surface area contributed by atoms with E-state index in [4.69, 9.17) is 4.42 Å². The number of thioether (sulfide) groups is 1. The average Bonchev–Trinajstić information content (AvgIpc) is 3.00. The van der Waals surface area contributed by atoms with Gasteiger partial charge in [0.15, 0.2) is 0 Å². The fourth-order valence-electron chi connectivity index (χ4n) is 2.17. The lowest BCUT2D eigenvalue weighted by Gasteiger charge is -2.10. The maximum absolute atomic E-state index is 11.9. The van der Waals surface area contributed by atoms with Crippen LogP contribution in [0.5, 0.6) is 0 Å². The van der Waals surface area contributed by atoms with Crippen LogP contribution in [-0.4, -0.2) is 35.3 Å². The van der Waals surface area contributed by atoms with Crippen LogP contribution >= 0.6 is 11.8 Å². The van der Waals surface area contributed by atoms with Crippen LogP contribution in [0, 0.1) is 0 Å². The van der Waals surface area contributed by atoms with Crippen molar-refractivity contribution in [3.05, 3.63) is 41.8 Å². The smallest absolute Gasteiger partial charge is 0.411 e. The number of nitrogens with zero attached hydrogens (tertiary/aromatic N) is 2. The van der Waals surface area contributed by atoms with Crippen molar-refractivity contribution < 1.29 is 22.3 Å². The molecule has 0 aliphatic rings. The Morgan fingerprint density at radius 2 is 1.96 bits per heavy atom. The van der Waals surface area contributed by atoms with E-state index in [-0.39, 0.29) is 12.5 Å². The van der Waals surface area contributed by atoms with Crippen LogP contribution in [0.4, 0.5) is 13.2 Å². The minimum absolute atomic E-state index is 0.0446. The van der Waals surface area contributed by atoms with E-state index >= 15 is 0 Å². The van der Waals surface area contributed by atoms with Gasteiger partial charge in [0.05, 0.1) is 5.92 Å². The minimum atomic E-state index is -4.28. The van der Waals surface area contributed by atoms with Gasteiger partial charge >= 0.3 is 6.18 Å². The van der Waals surface area contributed by atoms with Gasteiger partial charge in [-0.1, -0.05) is 49.0 Å². The number of benzene rings is 1. The van der Waals surface area contributed by atoms with Crippen molar-refractivity contribution in [2.45, 2.75) is 37.1 Å². The molecule has 0 fully saturated rings. The molecule has 0 aliphatic carbocycles. The SMILES string of the molecule is CC[C@@H](c1ccccc1)c1nnc(SCCCOCC(F)(F)F)o1. The summed E-state index contributed by atoms with van der Waals surface area (Å²) in [6, 6.07) is 9.91. The Morgan fingerprint density at radius 3 is 2.62 bits per heavy atom. The molecule has 0 unspecified atom stereocenters. The summed E-state index contributed by atoms with van der Waals surface area (Å²) in [5.41, 5.74) is 1.11. The summed E-state index contributed by atoms with van der Waals surface area (Å²) in [7, 11) is 0. The van der Waals surface area contributed by atoms with Crippen molar-refractivity contribution in [3.8, 4) is 0 Å². The number of rotatable bonds is 9. The number of halogens is 3. The Kier molecular flexibility index (Phi) is 7.11. The lowest BCUT2D eigenvalue weighted by atomic mass is 9.97. The number of alkyl halides is 3. The van der Waals surface area contributed by atoms with Crippen LogP contribution in [0.2, 0.25) is 0 Å². The first-order valence-electron chi connectivity index (χ1n) is 7.65. The van der Waals surface area contributed by atoms with Crippen LogP contribution in [0.15, 0.2) is 40.0 Å². The maximum Gasteiger partial charge on any atom is 0.411 e. The quantitative estimate of drug-likeness (QED) is 0.480. The normalized spacial score (nSPS) is 13.2. The van der Waals surface area contributed by atoms with E-state index in [0.717, 1.165) is 12.0 Å². The number of ether oxygens (including phenoxy) is 1. The number of hydrogen-bond donors (Lipinski definition) is 0. The second-order valence-corrected chi connectivity index (χ2v) is 6.19. The van der Waals surface area contributed by atoms with Gasteiger partial charge in [0.2, 0.25) is 5.89 Å². The molecule has 8 heteroatoms. The molecule has 0 spiro atoms. The third-order valence-electron chi connectivity index (χ3n) is 3.25. The van der Waals surface area contributed by atoms with Crippen molar-refractivity contribution in [2.24, 2.45) is 0 Å². The molecule has 0 N–H and O–H groups in total. The Balaban J connectivity index is 1.78. The summed E-state index contributed by atoms with van der Waals surface area (Å²) in [5.74, 6) is 1.16. The van der Waals surface area contributed by atoms with Gasteiger partial charge in [-0.15, -0.1) is 10.2 Å². The third-order valence-corrected chi connectivity index (χ3v) is 4.16. The predicted molar refractivity (Wildman–Crippen MR) is 85.1 cm³/mol. The molecule has 1 atom stereocenters. The lowest BCUT2D eigenvalue weighted by Crippen LogP contribution is -2.17. The van der Waals surface area contributed by atoms with Crippen LogP contribution in [0.25, 0.3) is 0 Å². The molecule has 24 heavy (non-hydrogen) atoms. The zero-order valence-electron chi connectivity index (χ0n) is 13.3. The number of hydrogen-bond acceptors (Lipinski definition) is 5. The second kappa shape index (κ2) is 9.08. The highest BCUT2D eigenvalue weighted by Crippen LogP contribution is 2.28. The van der Waals surface area contributed by atoms with Crippen LogP contribution in [0.1, 0.15) is 37.1 Å². The molecule has 1 aromatic heterocycles. The molecule has 0 saturated carbocycles. The van der Waals surface area contributed by atoms with E-state index in [1.807, 2.05) is 37.3 Å². The van der Waals surface area contributed by atoms with Crippen LogP contribution in [0.3, 0.4) is 0 Å². The van der Waals surface area contributed by atoms with E-state index < -0.39 is 12.8 Å². The Bertz CT molecular complexity index is 605. The monoisotopic (exact) mass is 360 g/mol. The minimum Gasteiger partial charge on any atom is -0.415 e. The van der Waals surface area contributed by atoms with E-state index in [2.05, 4.69) is 14.9 Å². The molecule has 1 aromatic carbocycles. The Morgan fingerprint density at radius 1 is 1.21 bits per heavy atom. The highest BCUT2D eigenvalue weighted by atomic mass is 32.2. The fraction of sp³-hybridized carbons (Fsp3) is 0.500. The zero-order valence-corrected chi connectivity index (χ0v) is 14.1. The molecule has 0 aliphatic heterocycles. The predicted octanol–water partition coefficient (Wildman–Crippen LogP) is 4.67. The largest absolute Gasteiger partial charge is 0.415 e. The van der Waals surface area contributed by atoms with Crippen molar-refractivity contribution in [1.29, 1.82) is 0 Å². The molecule has 0 radical (unpaired) electrons. The Labute approximate surface area is 142 Å². The Hall–Kier alpha value is -1.54. The molecule has 4 nitrogen and oxygen atoms in total. The second-order valence-electron chi connectivity index (χ2n) is 5.15. The summed E-state index contributed by atoms with van der Waals surface area (Å²) >= 11 is 1.32. The molecule has 0 bridgehead atoms. The first kappa shape index (κ1) is 18.8. The van der Waals surface area contributed by atoms with E-state index in [1.165, 1.54) is 11.8 Å². The fourth-order valence-corrected chi connectivity index (χ4v) is 2.85. The standard InChI is InChI=1S/C16H19F3N2O2S/c1-2-13(12-7-4-3-5-8-12)14-20-21-15(23-14)24-10-6-9-22-11-16(17,18)19/h3-5,7-8,13H,2,6,9-11H2,1H3/t13-/m0/s1. The van der Waals surface area contributed by atoms with Crippen LogP contribution in [-0.2, 0) is 4.74 Å². The highest BCUT2D eigenvalue weighted by Gasteiger charge is 2.27. The molecule has 2 rings (SSSR count). The highest BCUT2D eigenvalue weighted by molar-refractivity contribution is 7.99. The maximum atomic E-state index is 11.9. The molecule has 2 aromatic rings. The van der Waals surface area contributed by atoms with Gasteiger partial charge in [-0.25, -0.2) is 0 Å².